The molecule has 1 aliphatic rings. The molecule has 0 spiro atoms. The van der Waals surface area contributed by atoms with Gasteiger partial charge in [-0.1, -0.05) is 32.1 Å². The largest absolute Gasteiger partial charge is 0.500 e. The van der Waals surface area contributed by atoms with Crippen LogP contribution in [-0.4, -0.2) is 56.1 Å². The summed E-state index contributed by atoms with van der Waals surface area (Å²) in [4.78, 5) is 0. The van der Waals surface area contributed by atoms with Gasteiger partial charge in [-0.3, -0.25) is 0 Å². The third kappa shape index (κ3) is 8.90. The molecular formula is C15H32O5Si. The van der Waals surface area contributed by atoms with E-state index in [4.69, 9.17) is 22.8 Å². The maximum atomic E-state index is 5.52. The molecule has 0 aromatic carbocycles. The Kier molecular flexibility index (Phi) is 10.5. The van der Waals surface area contributed by atoms with Crippen molar-refractivity contribution in [3.05, 3.63) is 0 Å². The predicted octanol–water partition coefficient (Wildman–Crippen LogP) is 3.01. The maximum Gasteiger partial charge on any atom is 0.500 e. The van der Waals surface area contributed by atoms with E-state index in [1.807, 2.05) is 0 Å². The van der Waals surface area contributed by atoms with Crippen LogP contribution < -0.4 is 0 Å². The van der Waals surface area contributed by atoms with Crippen LogP contribution in [0, 0.1) is 0 Å². The van der Waals surface area contributed by atoms with Crippen LogP contribution >= 0.6 is 0 Å². The molecule has 0 N–H and O–H groups in total. The number of rotatable bonds is 15. The van der Waals surface area contributed by atoms with Crippen molar-refractivity contribution in [2.45, 2.75) is 57.1 Å². The number of epoxide rings is 1. The molecule has 0 aromatic rings. The van der Waals surface area contributed by atoms with Crippen LogP contribution in [0.25, 0.3) is 0 Å². The number of unbranched alkanes of at least 4 members (excludes halogenated alkanes) is 6. The summed E-state index contributed by atoms with van der Waals surface area (Å²) in [5.74, 6) is 0. The molecule has 1 aliphatic heterocycles. The lowest BCUT2D eigenvalue weighted by atomic mass is 10.1. The molecular weight excluding hydrogens is 288 g/mol. The van der Waals surface area contributed by atoms with Gasteiger partial charge >= 0.3 is 8.80 Å². The molecule has 0 aromatic heterocycles. The van der Waals surface area contributed by atoms with Crippen molar-refractivity contribution in [1.82, 2.24) is 0 Å². The van der Waals surface area contributed by atoms with Gasteiger partial charge in [0.05, 0.1) is 13.2 Å². The summed E-state index contributed by atoms with van der Waals surface area (Å²) in [7, 11) is 2.69. The first-order chi connectivity index (χ1) is 10.3. The fraction of sp³-hybridized carbons (Fsp3) is 1.00. The lowest BCUT2D eigenvalue weighted by Crippen LogP contribution is -2.42. The Morgan fingerprint density at radius 2 is 1.38 bits per heavy atom. The second kappa shape index (κ2) is 11.6. The minimum absolute atomic E-state index is 0.395. The van der Waals surface area contributed by atoms with Crippen LogP contribution in [0.2, 0.25) is 6.04 Å². The van der Waals surface area contributed by atoms with Crippen molar-refractivity contribution in [1.29, 1.82) is 0 Å². The quantitative estimate of drug-likeness (QED) is 0.264. The van der Waals surface area contributed by atoms with Crippen LogP contribution in [0.3, 0.4) is 0 Å². The highest BCUT2D eigenvalue weighted by Gasteiger charge is 2.36. The fourth-order valence-corrected chi connectivity index (χ4v) is 4.16. The summed E-state index contributed by atoms with van der Waals surface area (Å²) < 4.78 is 26.8. The Hall–Kier alpha value is 0.0169. The average molecular weight is 321 g/mol. The van der Waals surface area contributed by atoms with Crippen molar-refractivity contribution >= 4 is 8.80 Å². The molecule has 1 fully saturated rings. The van der Waals surface area contributed by atoms with Crippen molar-refractivity contribution in [3.8, 4) is 0 Å². The molecule has 21 heavy (non-hydrogen) atoms. The Morgan fingerprint density at radius 1 is 0.857 bits per heavy atom. The highest BCUT2D eigenvalue weighted by atomic mass is 28.4. The van der Waals surface area contributed by atoms with Gasteiger partial charge in [-0.2, -0.15) is 0 Å². The molecule has 0 saturated carbocycles. The maximum absolute atomic E-state index is 5.52. The summed E-state index contributed by atoms with van der Waals surface area (Å²) in [6.45, 7) is 2.55. The van der Waals surface area contributed by atoms with E-state index in [-0.39, 0.29) is 0 Å². The van der Waals surface area contributed by atoms with E-state index in [1.54, 1.807) is 21.3 Å². The summed E-state index contributed by atoms with van der Waals surface area (Å²) >= 11 is 0. The third-order valence-electron chi connectivity index (χ3n) is 3.91. The Balaban J connectivity index is 1.81. The van der Waals surface area contributed by atoms with E-state index in [0.717, 1.165) is 32.3 Å². The zero-order valence-corrected chi connectivity index (χ0v) is 14.9. The zero-order chi connectivity index (χ0) is 15.4. The monoisotopic (exact) mass is 320 g/mol. The third-order valence-corrected chi connectivity index (χ3v) is 6.74. The van der Waals surface area contributed by atoms with Crippen molar-refractivity contribution < 1.29 is 22.8 Å². The molecule has 126 valence electrons. The fourth-order valence-electron chi connectivity index (χ4n) is 2.36. The Morgan fingerprint density at radius 3 is 1.90 bits per heavy atom. The van der Waals surface area contributed by atoms with Crippen LogP contribution in [0.15, 0.2) is 0 Å². The minimum Gasteiger partial charge on any atom is -0.379 e. The molecule has 1 rings (SSSR count). The topological polar surface area (TPSA) is 49.5 Å². The van der Waals surface area contributed by atoms with Gasteiger partial charge in [0.2, 0.25) is 0 Å². The van der Waals surface area contributed by atoms with E-state index in [1.165, 1.54) is 38.5 Å². The van der Waals surface area contributed by atoms with E-state index < -0.39 is 8.80 Å². The van der Waals surface area contributed by atoms with Crippen molar-refractivity contribution in [2.24, 2.45) is 0 Å². The highest BCUT2D eigenvalue weighted by molar-refractivity contribution is 6.60. The first-order valence-corrected chi connectivity index (χ1v) is 10.0. The molecule has 0 bridgehead atoms. The lowest BCUT2D eigenvalue weighted by Gasteiger charge is -2.24. The first kappa shape index (κ1) is 19.1. The van der Waals surface area contributed by atoms with Gasteiger partial charge in [-0.05, 0) is 12.8 Å². The summed E-state index contributed by atoms with van der Waals surface area (Å²) in [5.41, 5.74) is 0. The van der Waals surface area contributed by atoms with Gasteiger partial charge in [0.25, 0.3) is 0 Å². The average Bonchev–Trinajstić information content (AvgIpc) is 3.33. The van der Waals surface area contributed by atoms with Gasteiger partial charge < -0.3 is 22.8 Å². The van der Waals surface area contributed by atoms with Crippen LogP contribution in [0.1, 0.15) is 44.9 Å². The smallest absolute Gasteiger partial charge is 0.379 e. The van der Waals surface area contributed by atoms with Gasteiger partial charge in [0.15, 0.2) is 0 Å². The second-order valence-corrected chi connectivity index (χ2v) is 8.64. The summed E-state index contributed by atoms with van der Waals surface area (Å²) in [6.07, 6.45) is 9.04. The van der Waals surface area contributed by atoms with Crippen molar-refractivity contribution in [3.63, 3.8) is 0 Å². The number of hydrogen-bond acceptors (Lipinski definition) is 5. The van der Waals surface area contributed by atoms with Crippen molar-refractivity contribution in [2.75, 3.05) is 41.2 Å². The molecule has 0 aliphatic carbocycles. The van der Waals surface area contributed by atoms with E-state index in [2.05, 4.69) is 0 Å². The van der Waals surface area contributed by atoms with Gasteiger partial charge in [-0.25, -0.2) is 0 Å². The van der Waals surface area contributed by atoms with E-state index in [0.29, 0.717) is 6.10 Å². The molecule has 1 unspecified atom stereocenters. The highest BCUT2D eigenvalue weighted by Crippen LogP contribution is 2.18. The molecule has 5 nitrogen and oxygen atoms in total. The molecule has 1 atom stereocenters. The zero-order valence-electron chi connectivity index (χ0n) is 13.9. The summed E-state index contributed by atoms with van der Waals surface area (Å²) in [5, 5.41) is 0. The first-order valence-electron chi connectivity index (χ1n) is 8.11. The normalized spacial score (nSPS) is 18.1. The lowest BCUT2D eigenvalue weighted by molar-refractivity contribution is 0.113. The van der Waals surface area contributed by atoms with Gasteiger partial charge in [0.1, 0.15) is 6.10 Å². The molecule has 1 saturated heterocycles. The predicted molar refractivity (Wildman–Crippen MR) is 84.5 cm³/mol. The van der Waals surface area contributed by atoms with Gasteiger partial charge in [-0.15, -0.1) is 0 Å². The Bertz CT molecular complexity index is 236. The minimum atomic E-state index is -2.34. The standard InChI is InChI=1S/C15H32O5Si/c1-16-21(17-2,18-3)12-10-8-6-4-5-7-9-11-19-13-15-14-20-15/h15H,4-14H2,1-3H3. The van der Waals surface area contributed by atoms with Crippen LogP contribution in [0.5, 0.6) is 0 Å². The SMILES string of the molecule is CO[Si](CCCCCCCCCOCC1CO1)(OC)OC. The van der Waals surface area contributed by atoms with Crippen LogP contribution in [-0.2, 0) is 22.8 Å². The van der Waals surface area contributed by atoms with E-state index >= 15 is 0 Å². The second-order valence-electron chi connectivity index (χ2n) is 5.55. The molecule has 6 heteroatoms. The summed E-state index contributed by atoms with van der Waals surface area (Å²) in [6, 6.07) is 0.910. The molecule has 0 radical (unpaired) electrons. The Labute approximate surface area is 130 Å². The number of hydrogen-bond donors (Lipinski definition) is 0. The number of ether oxygens (including phenoxy) is 2. The molecule has 0 amide bonds. The van der Waals surface area contributed by atoms with Crippen LogP contribution in [0.4, 0.5) is 0 Å². The molecule has 1 heterocycles. The van der Waals surface area contributed by atoms with Gasteiger partial charge in [0, 0.05) is 34.0 Å². The van der Waals surface area contributed by atoms with E-state index in [9.17, 15) is 0 Å².